The zero-order chi connectivity index (χ0) is 17.6. The van der Waals surface area contributed by atoms with Crippen LogP contribution >= 0.6 is 0 Å². The Labute approximate surface area is 149 Å². The van der Waals surface area contributed by atoms with Gasteiger partial charge in [0.1, 0.15) is 0 Å². The molecule has 0 aliphatic carbocycles. The van der Waals surface area contributed by atoms with E-state index in [1.165, 1.54) is 5.56 Å². The van der Waals surface area contributed by atoms with Gasteiger partial charge in [0.15, 0.2) is 18.2 Å². The second kappa shape index (κ2) is 8.06. The molecule has 1 aromatic heterocycles. The number of amides is 1. The van der Waals surface area contributed by atoms with Crippen LogP contribution in [0.15, 0.2) is 54.9 Å². The van der Waals surface area contributed by atoms with Gasteiger partial charge in [0.2, 0.25) is 6.54 Å². The van der Waals surface area contributed by atoms with E-state index in [-0.39, 0.29) is 11.7 Å². The zero-order valence-electron chi connectivity index (χ0n) is 14.7. The SMILES string of the molecule is CC(=O)c1cc[n+](CC(=O)N2CCC(Cc3ccccc3)CC2)cc1. The Kier molecular flexibility index (Phi) is 5.59. The Bertz CT molecular complexity index is 717. The number of piperidine rings is 1. The van der Waals surface area contributed by atoms with E-state index in [9.17, 15) is 9.59 Å². The summed E-state index contributed by atoms with van der Waals surface area (Å²) in [5.74, 6) is 0.853. The highest BCUT2D eigenvalue weighted by atomic mass is 16.2. The van der Waals surface area contributed by atoms with Gasteiger partial charge < -0.3 is 4.90 Å². The number of carbonyl (C=O) groups excluding carboxylic acids is 2. The van der Waals surface area contributed by atoms with Crippen molar-refractivity contribution < 1.29 is 14.2 Å². The maximum atomic E-state index is 12.5. The van der Waals surface area contributed by atoms with E-state index in [0.717, 1.165) is 32.4 Å². The molecule has 4 heteroatoms. The van der Waals surface area contributed by atoms with Crippen LogP contribution < -0.4 is 4.57 Å². The number of hydrogen-bond donors (Lipinski definition) is 0. The minimum atomic E-state index is 0.0407. The van der Waals surface area contributed by atoms with E-state index in [0.29, 0.717) is 18.0 Å². The molecule has 0 atom stereocenters. The first-order valence-corrected chi connectivity index (χ1v) is 8.93. The Morgan fingerprint density at radius 2 is 1.68 bits per heavy atom. The van der Waals surface area contributed by atoms with Crippen molar-refractivity contribution in [1.82, 2.24) is 4.90 Å². The van der Waals surface area contributed by atoms with E-state index in [2.05, 4.69) is 24.3 Å². The van der Waals surface area contributed by atoms with Gasteiger partial charge >= 0.3 is 0 Å². The van der Waals surface area contributed by atoms with Gasteiger partial charge in [-0.05, 0) is 37.7 Å². The number of pyridine rings is 1. The lowest BCUT2D eigenvalue weighted by atomic mass is 9.90. The first kappa shape index (κ1) is 17.3. The number of aromatic nitrogens is 1. The molecule has 0 spiro atoms. The summed E-state index contributed by atoms with van der Waals surface area (Å²) in [7, 11) is 0. The molecule has 0 bridgehead atoms. The minimum Gasteiger partial charge on any atom is -0.337 e. The number of rotatable bonds is 5. The Balaban J connectivity index is 1.49. The Morgan fingerprint density at radius 3 is 2.28 bits per heavy atom. The van der Waals surface area contributed by atoms with Gasteiger partial charge in [-0.1, -0.05) is 30.3 Å². The number of benzene rings is 1. The van der Waals surface area contributed by atoms with E-state index < -0.39 is 0 Å². The van der Waals surface area contributed by atoms with Crippen LogP contribution in [0.1, 0.15) is 35.7 Å². The summed E-state index contributed by atoms with van der Waals surface area (Å²) in [5, 5.41) is 0. The van der Waals surface area contributed by atoms with Gasteiger partial charge in [-0.15, -0.1) is 0 Å². The molecule has 4 nitrogen and oxygen atoms in total. The highest BCUT2D eigenvalue weighted by Gasteiger charge is 2.24. The van der Waals surface area contributed by atoms with Gasteiger partial charge in [0, 0.05) is 30.8 Å². The second-order valence-corrected chi connectivity index (χ2v) is 6.83. The fraction of sp³-hybridized carbons (Fsp3) is 0.381. The third-order valence-electron chi connectivity index (χ3n) is 4.95. The lowest BCUT2D eigenvalue weighted by Gasteiger charge is -2.31. The fourth-order valence-electron chi connectivity index (χ4n) is 3.39. The molecule has 2 heterocycles. The van der Waals surface area contributed by atoms with Gasteiger partial charge in [-0.2, -0.15) is 4.57 Å². The van der Waals surface area contributed by atoms with Gasteiger partial charge in [-0.3, -0.25) is 9.59 Å². The van der Waals surface area contributed by atoms with Crippen LogP contribution in [0.2, 0.25) is 0 Å². The molecule has 1 fully saturated rings. The molecule has 1 aromatic carbocycles. The lowest BCUT2D eigenvalue weighted by molar-refractivity contribution is -0.685. The average Bonchev–Trinajstić information content (AvgIpc) is 2.63. The molecule has 25 heavy (non-hydrogen) atoms. The maximum absolute atomic E-state index is 12.5. The normalized spacial score (nSPS) is 15.2. The Morgan fingerprint density at radius 1 is 1.04 bits per heavy atom. The van der Waals surface area contributed by atoms with Crippen LogP contribution in [0.3, 0.4) is 0 Å². The summed E-state index contributed by atoms with van der Waals surface area (Å²) in [6.07, 6.45) is 6.83. The molecular weight excluding hydrogens is 312 g/mol. The van der Waals surface area contributed by atoms with Crippen molar-refractivity contribution in [3.63, 3.8) is 0 Å². The highest BCUT2D eigenvalue weighted by molar-refractivity contribution is 5.93. The van der Waals surface area contributed by atoms with Crippen molar-refractivity contribution >= 4 is 11.7 Å². The van der Waals surface area contributed by atoms with E-state index >= 15 is 0 Å². The number of ketones is 1. The van der Waals surface area contributed by atoms with Crippen molar-refractivity contribution in [3.05, 3.63) is 66.0 Å². The molecule has 1 amide bonds. The third kappa shape index (κ3) is 4.75. The van der Waals surface area contributed by atoms with E-state index in [4.69, 9.17) is 0 Å². The van der Waals surface area contributed by atoms with Gasteiger partial charge in [-0.25, -0.2) is 0 Å². The lowest BCUT2D eigenvalue weighted by Crippen LogP contribution is -2.47. The number of nitrogens with zero attached hydrogens (tertiary/aromatic N) is 2. The van der Waals surface area contributed by atoms with Crippen molar-refractivity contribution in [1.29, 1.82) is 0 Å². The molecule has 0 saturated carbocycles. The van der Waals surface area contributed by atoms with Crippen LogP contribution in [0.5, 0.6) is 0 Å². The van der Waals surface area contributed by atoms with Crippen molar-refractivity contribution in [2.24, 2.45) is 5.92 Å². The summed E-state index contributed by atoms with van der Waals surface area (Å²) < 4.78 is 1.84. The predicted octanol–water partition coefficient (Wildman–Crippen LogP) is 2.66. The fourth-order valence-corrected chi connectivity index (χ4v) is 3.39. The first-order chi connectivity index (χ1) is 12.1. The largest absolute Gasteiger partial charge is 0.337 e. The predicted molar refractivity (Wildman–Crippen MR) is 96.1 cm³/mol. The standard InChI is InChI=1S/C21H25N2O2/c1-17(24)20-9-11-22(12-10-20)16-21(25)23-13-7-19(8-14-23)15-18-5-3-2-4-6-18/h2-6,9-12,19H,7-8,13-16H2,1H3/q+1. The molecular formula is C21H25N2O2+. The Hall–Kier alpha value is -2.49. The third-order valence-corrected chi connectivity index (χ3v) is 4.95. The quantitative estimate of drug-likeness (QED) is 0.622. The smallest absolute Gasteiger partial charge is 0.288 e. The zero-order valence-corrected chi connectivity index (χ0v) is 14.7. The number of Topliss-reactive ketones (excluding diaryl/α,β-unsaturated/α-hetero) is 1. The second-order valence-electron chi connectivity index (χ2n) is 6.83. The van der Waals surface area contributed by atoms with Crippen LogP contribution in [0, 0.1) is 5.92 Å². The number of carbonyl (C=O) groups is 2. The summed E-state index contributed by atoms with van der Waals surface area (Å²) >= 11 is 0. The summed E-state index contributed by atoms with van der Waals surface area (Å²) in [5.41, 5.74) is 2.05. The van der Waals surface area contributed by atoms with E-state index in [1.54, 1.807) is 31.5 Å². The van der Waals surface area contributed by atoms with Crippen molar-refractivity contribution in [2.75, 3.05) is 13.1 Å². The van der Waals surface area contributed by atoms with Crippen LogP contribution in [0.4, 0.5) is 0 Å². The number of likely N-dealkylation sites (tertiary alicyclic amines) is 1. The van der Waals surface area contributed by atoms with Crippen molar-refractivity contribution in [3.8, 4) is 0 Å². The molecule has 2 aromatic rings. The summed E-state index contributed by atoms with van der Waals surface area (Å²) in [6.45, 7) is 3.55. The summed E-state index contributed by atoms with van der Waals surface area (Å²) in [4.78, 5) is 25.8. The maximum Gasteiger partial charge on any atom is 0.288 e. The van der Waals surface area contributed by atoms with Crippen LogP contribution in [0.25, 0.3) is 0 Å². The molecule has 1 aliphatic rings. The monoisotopic (exact) mass is 337 g/mol. The van der Waals surface area contributed by atoms with Gasteiger partial charge in [0.05, 0.1) is 0 Å². The van der Waals surface area contributed by atoms with Crippen molar-refractivity contribution in [2.45, 2.75) is 32.7 Å². The number of hydrogen-bond acceptors (Lipinski definition) is 2. The van der Waals surface area contributed by atoms with Gasteiger partial charge in [0.25, 0.3) is 5.91 Å². The topological polar surface area (TPSA) is 41.3 Å². The molecule has 3 rings (SSSR count). The van der Waals surface area contributed by atoms with E-state index in [1.807, 2.05) is 15.5 Å². The molecule has 0 N–H and O–H groups in total. The highest BCUT2D eigenvalue weighted by Crippen LogP contribution is 2.21. The molecule has 1 saturated heterocycles. The summed E-state index contributed by atoms with van der Waals surface area (Å²) in [6, 6.07) is 14.1. The average molecular weight is 337 g/mol. The molecule has 0 unspecified atom stereocenters. The first-order valence-electron chi connectivity index (χ1n) is 8.93. The molecule has 1 aliphatic heterocycles. The molecule has 0 radical (unpaired) electrons. The minimum absolute atomic E-state index is 0.0407. The van der Waals surface area contributed by atoms with Crippen LogP contribution in [-0.4, -0.2) is 29.7 Å². The molecule has 130 valence electrons. The van der Waals surface area contributed by atoms with Crippen LogP contribution in [-0.2, 0) is 17.8 Å².